The van der Waals surface area contributed by atoms with E-state index in [0.717, 1.165) is 0 Å². The summed E-state index contributed by atoms with van der Waals surface area (Å²) < 4.78 is 0. The van der Waals surface area contributed by atoms with Crippen LogP contribution in [0.1, 0.15) is 78.0 Å². The minimum Gasteiger partial charge on any atom is -0.481 e. The summed E-state index contributed by atoms with van der Waals surface area (Å²) in [5, 5.41) is 34.7. The number of aromatic amines is 1. The number of rotatable bonds is 26. The smallest absolute Gasteiger partial charge is 0.326 e. The Labute approximate surface area is 382 Å². The van der Waals surface area contributed by atoms with Crippen molar-refractivity contribution < 1.29 is 53.4 Å². The Morgan fingerprint density at radius 3 is 2.05 bits per heavy atom. The Kier molecular flexibility index (Phi) is 21.4. The van der Waals surface area contributed by atoms with Gasteiger partial charge in [0.05, 0.1) is 18.8 Å². The van der Waals surface area contributed by atoms with Gasteiger partial charge >= 0.3 is 11.9 Å². The van der Waals surface area contributed by atoms with Gasteiger partial charge < -0.3 is 57.7 Å². The maximum Gasteiger partial charge on any atom is 0.326 e. The van der Waals surface area contributed by atoms with Gasteiger partial charge in [-0.3, -0.25) is 38.4 Å². The number of thioether (sulfide) groups is 1. The number of hydrogen-bond acceptors (Lipinski definition) is 12. The van der Waals surface area contributed by atoms with Gasteiger partial charge in [-0.25, -0.2) is 9.78 Å². The molecule has 1 aliphatic rings. The summed E-state index contributed by atoms with van der Waals surface area (Å²) in [6, 6.07) is -0.906. The number of imidazole rings is 1. The number of carbonyl (C=O) groups is 9. The van der Waals surface area contributed by atoms with Crippen LogP contribution >= 0.6 is 11.8 Å². The number of carbonyl (C=O) groups excluding carboxylic acids is 7. The van der Waals surface area contributed by atoms with E-state index >= 15 is 0 Å². The molecule has 3 rings (SSSR count). The summed E-state index contributed by atoms with van der Waals surface area (Å²) in [5.74, 6) is -8.10. The molecule has 21 nitrogen and oxygen atoms in total. The number of nitrogens with zero attached hydrogens (tertiary/aromatic N) is 2. The van der Waals surface area contributed by atoms with E-state index in [0.29, 0.717) is 29.9 Å². The minimum absolute atomic E-state index is 0.0233. The van der Waals surface area contributed by atoms with E-state index in [1.807, 2.05) is 0 Å². The first-order chi connectivity index (χ1) is 30.8. The maximum absolute atomic E-state index is 14.3. The molecule has 1 saturated heterocycles. The Morgan fingerprint density at radius 1 is 0.815 bits per heavy atom. The molecule has 0 saturated carbocycles. The molecule has 0 bridgehead atoms. The topological polar surface area (TPSA) is 324 Å². The Bertz CT molecular complexity index is 1950. The summed E-state index contributed by atoms with van der Waals surface area (Å²) in [5.41, 5.74) is 6.88. The molecule has 11 N–H and O–H groups in total. The van der Waals surface area contributed by atoms with Crippen molar-refractivity contribution in [1.29, 1.82) is 0 Å². The molecule has 358 valence electrons. The number of carboxylic acid groups (broad SMARTS) is 2. The minimum atomic E-state index is -1.41. The second kappa shape index (κ2) is 26.1. The lowest BCUT2D eigenvalue weighted by Crippen LogP contribution is -2.61. The van der Waals surface area contributed by atoms with E-state index in [1.165, 1.54) is 36.1 Å². The number of H-pyrrole nitrogens is 1. The number of aliphatic carboxylic acids is 2. The molecule has 2 aromatic rings. The van der Waals surface area contributed by atoms with Gasteiger partial charge in [0.1, 0.15) is 42.3 Å². The van der Waals surface area contributed by atoms with E-state index in [-0.39, 0.29) is 32.2 Å². The van der Waals surface area contributed by atoms with Crippen molar-refractivity contribution in [3.05, 3.63) is 54.1 Å². The molecule has 0 spiro atoms. The Morgan fingerprint density at radius 2 is 1.46 bits per heavy atom. The molecule has 1 aromatic heterocycles. The molecule has 7 amide bonds. The first-order valence-corrected chi connectivity index (χ1v) is 23.0. The number of aromatic nitrogens is 2. The van der Waals surface area contributed by atoms with E-state index < -0.39 is 120 Å². The van der Waals surface area contributed by atoms with Crippen molar-refractivity contribution in [2.24, 2.45) is 17.6 Å². The molecule has 65 heavy (non-hydrogen) atoms. The average molecular weight is 929 g/mol. The highest BCUT2D eigenvalue weighted by atomic mass is 32.2. The zero-order valence-electron chi connectivity index (χ0n) is 37.6. The fraction of sp³-hybridized carbons (Fsp3) is 0.581. The molecule has 9 atom stereocenters. The second-order valence-electron chi connectivity index (χ2n) is 16.5. The van der Waals surface area contributed by atoms with Gasteiger partial charge in [-0.05, 0) is 55.6 Å². The fourth-order valence-electron chi connectivity index (χ4n) is 7.10. The highest BCUT2D eigenvalue weighted by Crippen LogP contribution is 2.21. The van der Waals surface area contributed by atoms with Crippen LogP contribution in [0.25, 0.3) is 0 Å². The van der Waals surface area contributed by atoms with Crippen LogP contribution in [0.4, 0.5) is 0 Å². The van der Waals surface area contributed by atoms with E-state index in [9.17, 15) is 48.3 Å². The highest BCUT2D eigenvalue weighted by molar-refractivity contribution is 7.98. The lowest BCUT2D eigenvalue weighted by atomic mass is 9.97. The van der Waals surface area contributed by atoms with Gasteiger partial charge in [-0.1, -0.05) is 64.4 Å². The van der Waals surface area contributed by atoms with Gasteiger partial charge in [-0.15, -0.1) is 0 Å². The third kappa shape index (κ3) is 16.5. The van der Waals surface area contributed by atoms with Gasteiger partial charge in [-0.2, -0.15) is 11.8 Å². The van der Waals surface area contributed by atoms with Crippen molar-refractivity contribution in [3.8, 4) is 0 Å². The van der Waals surface area contributed by atoms with Crippen LogP contribution in [0.15, 0.2) is 42.9 Å². The number of hydrogen-bond donors (Lipinski definition) is 10. The largest absolute Gasteiger partial charge is 0.481 e. The van der Waals surface area contributed by atoms with Crippen LogP contribution in [-0.4, -0.2) is 145 Å². The zero-order valence-corrected chi connectivity index (χ0v) is 38.4. The summed E-state index contributed by atoms with van der Waals surface area (Å²) in [6.07, 6.45) is 5.24. The highest BCUT2D eigenvalue weighted by Gasteiger charge is 2.40. The van der Waals surface area contributed by atoms with Crippen LogP contribution in [0, 0.1) is 11.8 Å². The summed E-state index contributed by atoms with van der Waals surface area (Å²) in [7, 11) is 0. The van der Waals surface area contributed by atoms with E-state index in [1.54, 1.807) is 64.3 Å². The normalized spacial score (nSPS) is 17.2. The summed E-state index contributed by atoms with van der Waals surface area (Å²) in [6.45, 7) is 8.40. The quantitative estimate of drug-likeness (QED) is 0.0567. The molecule has 1 fully saturated rings. The third-order valence-electron chi connectivity index (χ3n) is 11.1. The Hall–Kier alpha value is -6.03. The molecular formula is C43H64N10O11S. The Balaban J connectivity index is 1.75. The molecule has 0 aliphatic carbocycles. The van der Waals surface area contributed by atoms with Crippen molar-refractivity contribution in [2.75, 3.05) is 18.6 Å². The van der Waals surface area contributed by atoms with Gasteiger partial charge in [0.15, 0.2) is 0 Å². The molecule has 2 heterocycles. The van der Waals surface area contributed by atoms with Crippen molar-refractivity contribution in [2.45, 2.75) is 128 Å². The lowest BCUT2D eigenvalue weighted by Gasteiger charge is -2.31. The summed E-state index contributed by atoms with van der Waals surface area (Å²) >= 11 is 1.40. The number of nitrogens with one attached hydrogen (secondary N) is 7. The summed E-state index contributed by atoms with van der Waals surface area (Å²) in [4.78, 5) is 127. The average Bonchev–Trinajstić information content (AvgIpc) is 3.98. The van der Waals surface area contributed by atoms with Gasteiger partial charge in [0.2, 0.25) is 41.4 Å². The first-order valence-electron chi connectivity index (χ1n) is 21.6. The second-order valence-corrected chi connectivity index (χ2v) is 17.5. The van der Waals surface area contributed by atoms with Crippen molar-refractivity contribution in [1.82, 2.24) is 46.8 Å². The van der Waals surface area contributed by atoms with Crippen molar-refractivity contribution in [3.63, 3.8) is 0 Å². The molecular weight excluding hydrogens is 865 g/mol. The van der Waals surface area contributed by atoms with Crippen LogP contribution in [0.2, 0.25) is 0 Å². The maximum atomic E-state index is 14.3. The van der Waals surface area contributed by atoms with Crippen LogP contribution in [0.5, 0.6) is 0 Å². The predicted octanol–water partition coefficient (Wildman–Crippen LogP) is -0.544. The predicted molar refractivity (Wildman–Crippen MR) is 240 cm³/mol. The van der Waals surface area contributed by atoms with E-state index in [2.05, 4.69) is 41.9 Å². The monoisotopic (exact) mass is 928 g/mol. The number of amides is 7. The lowest BCUT2D eigenvalue weighted by molar-refractivity contribution is -0.145. The molecule has 1 aliphatic heterocycles. The molecule has 0 radical (unpaired) electrons. The molecule has 0 unspecified atom stereocenters. The van der Waals surface area contributed by atoms with E-state index in [4.69, 9.17) is 10.8 Å². The van der Waals surface area contributed by atoms with Gasteiger partial charge in [0, 0.05) is 31.3 Å². The first kappa shape index (κ1) is 53.3. The molecule has 22 heteroatoms. The standard InChI is InChI=1S/C43H64N10O11S/c1-7-24(4)35(52-36(56)25(5)47-40(60)34(23(2)3)51-38(58)29(15-17-65-6)48-37(57)28(44)20-33(54)55)41(61)49-30(19-27-21-45-22-46-27)42(62)53-16-11-14-32(53)39(59)50-31(43(63)64)18-26-12-9-8-10-13-26/h8-10,12-13,21-25,28-32,34-35H,7,11,14-20,44H2,1-6H3,(H,45,46)(H,47,60)(H,48,57)(H,49,61)(H,50,59)(H,51,58)(H,52,56)(H,54,55)(H,63,64)/t24-,25-,28-,29-,30-,31-,32-,34-,35-/m0/s1. The SMILES string of the molecule is CC[C@H](C)[C@H](NC(=O)[C@H](C)NC(=O)[C@@H](NC(=O)[C@H](CCSC)NC(=O)[C@@H](N)CC(=O)O)C(C)C)C(=O)N[C@@H](Cc1cnc[nH]1)C(=O)N1CCC[C@H]1C(=O)N[C@@H](Cc1ccccc1)C(=O)O. The number of likely N-dealkylation sites (tertiary alicyclic amines) is 1. The number of nitrogens with two attached hydrogens (primary N) is 1. The number of carboxylic acids is 2. The van der Waals surface area contributed by atoms with Crippen molar-refractivity contribution >= 4 is 65.1 Å². The van der Waals surface area contributed by atoms with Crippen LogP contribution < -0.4 is 37.6 Å². The van der Waals surface area contributed by atoms with Gasteiger partial charge in [0.25, 0.3) is 0 Å². The fourth-order valence-corrected chi connectivity index (χ4v) is 7.57. The number of benzene rings is 1. The van der Waals surface area contributed by atoms with Crippen LogP contribution in [0.3, 0.4) is 0 Å². The zero-order chi connectivity index (χ0) is 48.4. The van der Waals surface area contributed by atoms with Crippen LogP contribution in [-0.2, 0) is 56.0 Å². The molecule has 1 aromatic carbocycles. The third-order valence-corrected chi connectivity index (χ3v) is 11.7.